The minimum atomic E-state index is -0.530. The predicted molar refractivity (Wildman–Crippen MR) is 128 cm³/mol. The molecule has 0 aromatic heterocycles. The van der Waals surface area contributed by atoms with Crippen molar-refractivity contribution >= 4 is 29.5 Å². The van der Waals surface area contributed by atoms with Gasteiger partial charge in [0.05, 0.1) is 12.2 Å². The quantitative estimate of drug-likeness (QED) is 0.299. The number of hydrogen-bond acceptors (Lipinski definition) is 4. The summed E-state index contributed by atoms with van der Waals surface area (Å²) < 4.78 is 5.00. The van der Waals surface area contributed by atoms with Gasteiger partial charge in [-0.1, -0.05) is 66.7 Å². The molecule has 0 saturated carbocycles. The number of rotatable bonds is 8. The van der Waals surface area contributed by atoms with Crippen LogP contribution in [-0.4, -0.2) is 24.4 Å². The Morgan fingerprint density at radius 3 is 2.21 bits per heavy atom. The maximum atomic E-state index is 13.0. The summed E-state index contributed by atoms with van der Waals surface area (Å²) in [4.78, 5) is 37.6. The monoisotopic (exact) mass is 440 g/mol. The molecule has 0 aliphatic heterocycles. The van der Waals surface area contributed by atoms with Crippen molar-refractivity contribution in [2.75, 3.05) is 11.9 Å². The molecule has 0 aliphatic carbocycles. The average molecular weight is 440 g/mol. The highest BCUT2D eigenvalue weighted by Crippen LogP contribution is 2.13. The predicted octanol–water partition coefficient (Wildman–Crippen LogP) is 4.83. The fourth-order valence-corrected chi connectivity index (χ4v) is 2.91. The highest BCUT2D eigenvalue weighted by molar-refractivity contribution is 6.08. The van der Waals surface area contributed by atoms with Gasteiger partial charge >= 0.3 is 5.97 Å². The average Bonchev–Trinajstić information content (AvgIpc) is 2.85. The van der Waals surface area contributed by atoms with Crippen molar-refractivity contribution in [3.05, 3.63) is 119 Å². The van der Waals surface area contributed by atoms with Gasteiger partial charge in [-0.2, -0.15) is 0 Å². The summed E-state index contributed by atoms with van der Waals surface area (Å²) in [6.45, 7) is 1.97. The molecule has 0 bridgehead atoms. The number of benzene rings is 3. The molecule has 2 amide bonds. The van der Waals surface area contributed by atoms with Crippen LogP contribution in [0.15, 0.2) is 103 Å². The summed E-state index contributed by atoms with van der Waals surface area (Å²) in [5, 5.41) is 5.39. The van der Waals surface area contributed by atoms with Gasteiger partial charge in [0.1, 0.15) is 5.70 Å². The lowest BCUT2D eigenvalue weighted by Crippen LogP contribution is -2.30. The molecule has 0 heterocycles. The normalized spacial score (nSPS) is 11.1. The second kappa shape index (κ2) is 11.8. The molecule has 6 nitrogen and oxygen atoms in total. The molecule has 0 radical (unpaired) electrons. The van der Waals surface area contributed by atoms with E-state index in [1.165, 1.54) is 12.1 Å². The van der Waals surface area contributed by atoms with Crippen molar-refractivity contribution in [1.29, 1.82) is 0 Å². The minimum Gasteiger partial charge on any atom is -0.462 e. The number of allylic oxidation sites excluding steroid dienone is 2. The molecule has 33 heavy (non-hydrogen) atoms. The van der Waals surface area contributed by atoms with E-state index in [-0.39, 0.29) is 12.3 Å². The van der Waals surface area contributed by atoms with Crippen LogP contribution in [0, 0.1) is 0 Å². The van der Waals surface area contributed by atoms with Gasteiger partial charge in [0.25, 0.3) is 11.8 Å². The number of hydrogen-bond donors (Lipinski definition) is 2. The Morgan fingerprint density at radius 1 is 0.848 bits per heavy atom. The second-order valence-electron chi connectivity index (χ2n) is 6.93. The Morgan fingerprint density at radius 2 is 1.52 bits per heavy atom. The Balaban J connectivity index is 1.82. The van der Waals surface area contributed by atoms with Crippen LogP contribution in [0.25, 0.3) is 6.08 Å². The number of carbonyl (C=O) groups is 3. The molecule has 0 spiro atoms. The summed E-state index contributed by atoms with van der Waals surface area (Å²) in [7, 11) is 0. The van der Waals surface area contributed by atoms with Crippen molar-refractivity contribution < 1.29 is 19.1 Å². The van der Waals surface area contributed by atoms with Crippen LogP contribution >= 0.6 is 0 Å². The van der Waals surface area contributed by atoms with Crippen molar-refractivity contribution in [3.8, 4) is 0 Å². The van der Waals surface area contributed by atoms with E-state index in [0.29, 0.717) is 16.8 Å². The zero-order valence-electron chi connectivity index (χ0n) is 18.2. The minimum absolute atomic E-state index is 0.0533. The van der Waals surface area contributed by atoms with Crippen LogP contribution < -0.4 is 10.6 Å². The number of amides is 2. The fraction of sp³-hybridized carbons (Fsp3) is 0.0741. The molecule has 0 saturated heterocycles. The Labute approximate surface area is 192 Å². The van der Waals surface area contributed by atoms with Gasteiger partial charge in [-0.05, 0) is 48.9 Å². The number of ether oxygens (including phenoxy) is 1. The highest BCUT2D eigenvalue weighted by Gasteiger charge is 2.15. The van der Waals surface area contributed by atoms with E-state index in [0.717, 1.165) is 5.56 Å². The van der Waals surface area contributed by atoms with Crippen LogP contribution in [0.4, 0.5) is 5.69 Å². The fourth-order valence-electron chi connectivity index (χ4n) is 2.91. The zero-order valence-corrected chi connectivity index (χ0v) is 18.2. The largest absolute Gasteiger partial charge is 0.462 e. The van der Waals surface area contributed by atoms with E-state index in [9.17, 15) is 14.4 Å². The molecule has 3 rings (SSSR count). The van der Waals surface area contributed by atoms with Crippen molar-refractivity contribution in [2.45, 2.75) is 6.92 Å². The van der Waals surface area contributed by atoms with Crippen LogP contribution in [0.5, 0.6) is 0 Å². The first-order valence-corrected chi connectivity index (χ1v) is 10.4. The number of anilines is 1. The summed E-state index contributed by atoms with van der Waals surface area (Å²) in [6, 6.07) is 24.6. The summed E-state index contributed by atoms with van der Waals surface area (Å²) in [5.41, 5.74) is 2.14. The Kier molecular flexibility index (Phi) is 8.31. The molecule has 166 valence electrons. The van der Waals surface area contributed by atoms with Crippen LogP contribution in [0.2, 0.25) is 0 Å². The lowest BCUT2D eigenvalue weighted by molar-refractivity contribution is -0.113. The molecular weight excluding hydrogens is 416 g/mol. The van der Waals surface area contributed by atoms with E-state index in [1.807, 2.05) is 36.4 Å². The third kappa shape index (κ3) is 7.04. The molecule has 2 N–H and O–H groups in total. The highest BCUT2D eigenvalue weighted by atomic mass is 16.5. The van der Waals surface area contributed by atoms with E-state index >= 15 is 0 Å². The SMILES string of the molecule is CCOC(=O)c1cccc(NC(=O)C(=CC=Cc2ccccc2)NC(=O)c2ccccc2)c1. The smallest absolute Gasteiger partial charge is 0.338 e. The Hall–Kier alpha value is -4.45. The number of esters is 1. The lowest BCUT2D eigenvalue weighted by atomic mass is 10.2. The molecule has 0 fully saturated rings. The maximum Gasteiger partial charge on any atom is 0.338 e. The van der Waals surface area contributed by atoms with Gasteiger partial charge in [0.2, 0.25) is 0 Å². The van der Waals surface area contributed by atoms with Crippen LogP contribution in [-0.2, 0) is 9.53 Å². The summed E-state index contributed by atoms with van der Waals surface area (Å²) >= 11 is 0. The summed E-state index contributed by atoms with van der Waals surface area (Å²) in [6.07, 6.45) is 5.03. The van der Waals surface area contributed by atoms with E-state index in [1.54, 1.807) is 61.5 Å². The first-order chi connectivity index (χ1) is 16.1. The lowest BCUT2D eigenvalue weighted by Gasteiger charge is -2.11. The molecule has 0 unspecified atom stereocenters. The van der Waals surface area contributed by atoms with Crippen molar-refractivity contribution in [1.82, 2.24) is 5.32 Å². The second-order valence-corrected chi connectivity index (χ2v) is 6.93. The third-order valence-corrected chi connectivity index (χ3v) is 4.51. The zero-order chi connectivity index (χ0) is 23.5. The van der Waals surface area contributed by atoms with Gasteiger partial charge in [-0.3, -0.25) is 9.59 Å². The molecule has 0 aliphatic rings. The number of nitrogens with one attached hydrogen (secondary N) is 2. The van der Waals surface area contributed by atoms with Gasteiger partial charge in [-0.25, -0.2) is 4.79 Å². The third-order valence-electron chi connectivity index (χ3n) is 4.51. The maximum absolute atomic E-state index is 13.0. The molecule has 3 aromatic carbocycles. The van der Waals surface area contributed by atoms with Crippen molar-refractivity contribution in [3.63, 3.8) is 0 Å². The van der Waals surface area contributed by atoms with Gasteiger partial charge in [0.15, 0.2) is 0 Å². The first kappa shape index (κ1) is 23.2. The van der Waals surface area contributed by atoms with E-state index < -0.39 is 17.8 Å². The van der Waals surface area contributed by atoms with Gasteiger partial charge in [0, 0.05) is 11.3 Å². The number of carbonyl (C=O) groups excluding carboxylic acids is 3. The van der Waals surface area contributed by atoms with E-state index in [4.69, 9.17) is 4.74 Å². The van der Waals surface area contributed by atoms with Gasteiger partial charge < -0.3 is 15.4 Å². The van der Waals surface area contributed by atoms with Crippen LogP contribution in [0.3, 0.4) is 0 Å². The molecule has 6 heteroatoms. The first-order valence-electron chi connectivity index (χ1n) is 10.4. The standard InChI is InChI=1S/C27H24N2O4/c1-2-33-27(32)22-16-10-17-23(19-22)28-26(31)24(18-9-13-20-11-5-3-6-12-20)29-25(30)21-14-7-4-8-15-21/h3-19H,2H2,1H3,(H,28,31)(H,29,30). The van der Waals surface area contributed by atoms with Crippen molar-refractivity contribution in [2.24, 2.45) is 0 Å². The van der Waals surface area contributed by atoms with Gasteiger partial charge in [-0.15, -0.1) is 0 Å². The topological polar surface area (TPSA) is 84.5 Å². The Bertz CT molecular complexity index is 1170. The molecular formula is C27H24N2O4. The summed E-state index contributed by atoms with van der Waals surface area (Å²) in [5.74, 6) is -1.42. The van der Waals surface area contributed by atoms with Crippen LogP contribution in [0.1, 0.15) is 33.2 Å². The molecule has 0 atom stereocenters. The van der Waals surface area contributed by atoms with E-state index in [2.05, 4.69) is 10.6 Å². The molecule has 3 aromatic rings.